The van der Waals surface area contributed by atoms with Crippen LogP contribution in [0.1, 0.15) is 36.1 Å². The van der Waals surface area contributed by atoms with E-state index < -0.39 is 5.97 Å². The monoisotopic (exact) mass is 488 g/mol. The van der Waals surface area contributed by atoms with Gasteiger partial charge in [-0.15, -0.1) is 10.2 Å². The number of rotatable bonds is 10. The van der Waals surface area contributed by atoms with E-state index in [0.29, 0.717) is 20.9 Å². The van der Waals surface area contributed by atoms with Crippen molar-refractivity contribution in [2.24, 2.45) is 7.05 Å². The average molecular weight is 489 g/mol. The SMILES string of the molecule is CCOC(=O)c1sc(NC(=O)CSc2nnc(-c3ccc(N(CC)CC)cc3)n2C)nc1C. The Hall–Kier alpha value is -2.92. The molecular formula is C22H28N6O3S2. The molecule has 0 aliphatic carbocycles. The van der Waals surface area contributed by atoms with Crippen molar-refractivity contribution in [2.75, 3.05) is 35.7 Å². The summed E-state index contributed by atoms with van der Waals surface area (Å²) in [5.74, 6) is 0.204. The van der Waals surface area contributed by atoms with E-state index >= 15 is 0 Å². The molecule has 1 aromatic carbocycles. The molecule has 0 spiro atoms. The molecule has 0 radical (unpaired) electrons. The molecule has 9 nitrogen and oxygen atoms in total. The van der Waals surface area contributed by atoms with Gasteiger partial charge in [0.1, 0.15) is 4.88 Å². The third kappa shape index (κ3) is 5.91. The number of thioether (sulfide) groups is 1. The molecule has 2 heterocycles. The maximum Gasteiger partial charge on any atom is 0.350 e. The van der Waals surface area contributed by atoms with E-state index in [-0.39, 0.29) is 18.3 Å². The largest absolute Gasteiger partial charge is 0.462 e. The first-order valence-corrected chi connectivity index (χ1v) is 12.5. The number of thiazole rings is 1. The van der Waals surface area contributed by atoms with Gasteiger partial charge < -0.3 is 19.5 Å². The van der Waals surface area contributed by atoms with Gasteiger partial charge in [0.15, 0.2) is 16.1 Å². The standard InChI is InChI=1S/C22H28N6O3S2/c1-6-28(7-2)16-11-9-15(10-12-16)19-25-26-22(27(19)5)32-13-17(29)24-21-23-14(4)18(33-21)20(30)31-8-3/h9-12H,6-8,13H2,1-5H3,(H,23,24,29). The van der Waals surface area contributed by atoms with Crippen LogP contribution in [-0.2, 0) is 16.6 Å². The first-order valence-electron chi connectivity index (χ1n) is 10.7. The number of benzene rings is 1. The zero-order valence-corrected chi connectivity index (χ0v) is 21.0. The number of hydrogen-bond acceptors (Lipinski definition) is 9. The van der Waals surface area contributed by atoms with Gasteiger partial charge in [-0.3, -0.25) is 4.79 Å². The number of ether oxygens (including phenoxy) is 1. The Morgan fingerprint density at radius 3 is 2.48 bits per heavy atom. The summed E-state index contributed by atoms with van der Waals surface area (Å²) in [4.78, 5) is 31.2. The molecule has 0 atom stereocenters. The van der Waals surface area contributed by atoms with Gasteiger partial charge in [-0.1, -0.05) is 23.1 Å². The average Bonchev–Trinajstić information content (AvgIpc) is 3.35. The van der Waals surface area contributed by atoms with E-state index in [4.69, 9.17) is 4.74 Å². The molecule has 33 heavy (non-hydrogen) atoms. The predicted octanol–water partition coefficient (Wildman–Crippen LogP) is 4.00. The van der Waals surface area contributed by atoms with Crippen LogP contribution in [0.2, 0.25) is 0 Å². The zero-order valence-electron chi connectivity index (χ0n) is 19.4. The second-order valence-corrected chi connectivity index (χ2v) is 9.02. The molecule has 3 rings (SSSR count). The second-order valence-electron chi connectivity index (χ2n) is 7.08. The summed E-state index contributed by atoms with van der Waals surface area (Å²) in [7, 11) is 1.88. The van der Waals surface area contributed by atoms with Crippen LogP contribution in [0.4, 0.5) is 10.8 Å². The minimum absolute atomic E-state index is 0.139. The lowest BCUT2D eigenvalue weighted by atomic mass is 10.2. The van der Waals surface area contributed by atoms with Crippen molar-refractivity contribution in [2.45, 2.75) is 32.9 Å². The van der Waals surface area contributed by atoms with Crippen molar-refractivity contribution in [1.82, 2.24) is 19.7 Å². The van der Waals surface area contributed by atoms with Crippen LogP contribution < -0.4 is 10.2 Å². The van der Waals surface area contributed by atoms with Crippen LogP contribution in [-0.4, -0.2) is 57.1 Å². The minimum atomic E-state index is -0.431. The molecule has 0 unspecified atom stereocenters. The topological polar surface area (TPSA) is 102 Å². The van der Waals surface area contributed by atoms with Crippen molar-refractivity contribution >= 4 is 45.8 Å². The van der Waals surface area contributed by atoms with Gasteiger partial charge in [0.25, 0.3) is 0 Å². The maximum absolute atomic E-state index is 12.4. The first-order chi connectivity index (χ1) is 15.9. The second kappa shape index (κ2) is 11.3. The van der Waals surface area contributed by atoms with Gasteiger partial charge in [-0.2, -0.15) is 0 Å². The first kappa shape index (κ1) is 24.7. The highest BCUT2D eigenvalue weighted by Crippen LogP contribution is 2.26. The van der Waals surface area contributed by atoms with Gasteiger partial charge in [0.05, 0.1) is 18.1 Å². The maximum atomic E-state index is 12.4. The Kier molecular flexibility index (Phi) is 8.45. The van der Waals surface area contributed by atoms with Crippen LogP contribution in [0.25, 0.3) is 11.4 Å². The van der Waals surface area contributed by atoms with Crippen molar-refractivity contribution in [1.29, 1.82) is 0 Å². The Bertz CT molecular complexity index is 1110. The Balaban J connectivity index is 1.61. The van der Waals surface area contributed by atoms with Crippen LogP contribution in [0.15, 0.2) is 29.4 Å². The van der Waals surface area contributed by atoms with Crippen molar-refractivity contribution in [3.63, 3.8) is 0 Å². The Morgan fingerprint density at radius 1 is 1.15 bits per heavy atom. The highest BCUT2D eigenvalue weighted by Gasteiger charge is 2.18. The summed E-state index contributed by atoms with van der Waals surface area (Å²) in [5.41, 5.74) is 2.66. The summed E-state index contributed by atoms with van der Waals surface area (Å²) in [6.45, 7) is 9.91. The minimum Gasteiger partial charge on any atom is -0.462 e. The van der Waals surface area contributed by atoms with Crippen molar-refractivity contribution < 1.29 is 14.3 Å². The van der Waals surface area contributed by atoms with E-state index in [1.54, 1.807) is 13.8 Å². The molecule has 0 saturated carbocycles. The highest BCUT2D eigenvalue weighted by molar-refractivity contribution is 7.99. The fourth-order valence-electron chi connectivity index (χ4n) is 3.22. The van der Waals surface area contributed by atoms with Crippen LogP contribution in [0, 0.1) is 6.92 Å². The van der Waals surface area contributed by atoms with Crippen molar-refractivity contribution in [3.05, 3.63) is 34.8 Å². The molecule has 0 aliphatic heterocycles. The van der Waals surface area contributed by atoms with E-state index in [2.05, 4.69) is 51.4 Å². The number of carbonyl (C=O) groups is 2. The fourth-order valence-corrected chi connectivity index (χ4v) is 4.81. The number of aromatic nitrogens is 4. The number of carbonyl (C=O) groups excluding carboxylic acids is 2. The van der Waals surface area contributed by atoms with Gasteiger partial charge in [-0.25, -0.2) is 9.78 Å². The van der Waals surface area contributed by atoms with E-state index in [1.807, 2.05) is 23.7 Å². The van der Waals surface area contributed by atoms with Gasteiger partial charge >= 0.3 is 5.97 Å². The Labute approximate surface area is 201 Å². The zero-order chi connectivity index (χ0) is 24.0. The Morgan fingerprint density at radius 2 is 1.85 bits per heavy atom. The van der Waals surface area contributed by atoms with Crippen molar-refractivity contribution in [3.8, 4) is 11.4 Å². The summed E-state index contributed by atoms with van der Waals surface area (Å²) in [5, 5.41) is 12.3. The summed E-state index contributed by atoms with van der Waals surface area (Å²) >= 11 is 2.39. The molecular weight excluding hydrogens is 460 g/mol. The molecule has 0 fully saturated rings. The fraction of sp³-hybridized carbons (Fsp3) is 0.409. The number of amides is 1. The third-order valence-corrected chi connectivity index (χ3v) is 7.00. The molecule has 2 aromatic heterocycles. The number of nitrogens with one attached hydrogen (secondary N) is 1. The molecule has 11 heteroatoms. The quantitative estimate of drug-likeness (QED) is 0.337. The molecule has 1 amide bonds. The third-order valence-electron chi connectivity index (χ3n) is 4.93. The summed E-state index contributed by atoms with van der Waals surface area (Å²) in [6.07, 6.45) is 0. The molecule has 176 valence electrons. The lowest BCUT2D eigenvalue weighted by molar-refractivity contribution is -0.113. The van der Waals surface area contributed by atoms with E-state index in [9.17, 15) is 9.59 Å². The molecule has 1 N–H and O–H groups in total. The smallest absolute Gasteiger partial charge is 0.350 e. The van der Waals surface area contributed by atoms with Gasteiger partial charge in [0.2, 0.25) is 5.91 Å². The normalized spacial score (nSPS) is 10.8. The highest BCUT2D eigenvalue weighted by atomic mass is 32.2. The lowest BCUT2D eigenvalue weighted by Crippen LogP contribution is -2.21. The molecule has 0 bridgehead atoms. The number of nitrogens with zero attached hydrogens (tertiary/aromatic N) is 5. The number of esters is 1. The van der Waals surface area contributed by atoms with Crippen LogP contribution in [0.3, 0.4) is 0 Å². The number of hydrogen-bond donors (Lipinski definition) is 1. The molecule has 0 saturated heterocycles. The lowest BCUT2D eigenvalue weighted by Gasteiger charge is -2.21. The molecule has 0 aliphatic rings. The van der Waals surface area contributed by atoms with E-state index in [1.165, 1.54) is 17.4 Å². The van der Waals surface area contributed by atoms with Gasteiger partial charge in [0, 0.05) is 31.4 Å². The summed E-state index contributed by atoms with van der Waals surface area (Å²) in [6, 6.07) is 8.23. The van der Waals surface area contributed by atoms with Crippen LogP contribution >= 0.6 is 23.1 Å². The molecule has 3 aromatic rings. The van der Waals surface area contributed by atoms with Crippen LogP contribution in [0.5, 0.6) is 0 Å². The number of aryl methyl sites for hydroxylation is 1. The van der Waals surface area contributed by atoms with E-state index in [0.717, 1.165) is 35.8 Å². The number of anilines is 2. The summed E-state index contributed by atoms with van der Waals surface area (Å²) < 4.78 is 6.88. The van der Waals surface area contributed by atoms with Gasteiger partial charge in [-0.05, 0) is 52.0 Å². The predicted molar refractivity (Wildman–Crippen MR) is 132 cm³/mol.